The molecule has 0 unspecified atom stereocenters. The van der Waals surface area contributed by atoms with E-state index in [1.54, 1.807) is 19.2 Å². The number of nitrogens with one attached hydrogen (secondary N) is 3. The molecule has 1 aromatic heterocycles. The van der Waals surface area contributed by atoms with Crippen LogP contribution in [0.25, 0.3) is 11.4 Å². The number of hydrogen-bond acceptors (Lipinski definition) is 5. The summed E-state index contributed by atoms with van der Waals surface area (Å²) in [5.74, 6) is 1.30. The number of aromatic amines is 1. The normalized spacial score (nSPS) is 10.6. The minimum absolute atomic E-state index is 0.0914. The minimum Gasteiger partial charge on any atom is -0.383 e. The standard InChI is InChI=1S/C15H21N5O2/c1-11-18-14(20-19-11)12-3-5-13(6-4-12)15(21)17-8-7-16-9-10-22-2/h3-6,16H,7-10H2,1-2H3,(H,17,21)(H,18,19,20). The molecule has 0 bridgehead atoms. The van der Waals surface area contributed by atoms with Crippen molar-refractivity contribution >= 4 is 5.91 Å². The lowest BCUT2D eigenvalue weighted by Gasteiger charge is -2.07. The van der Waals surface area contributed by atoms with Gasteiger partial charge in [0.25, 0.3) is 5.91 Å². The maximum atomic E-state index is 12.0. The fourth-order valence-electron chi connectivity index (χ4n) is 1.91. The summed E-state index contributed by atoms with van der Waals surface area (Å²) in [4.78, 5) is 16.2. The Hall–Kier alpha value is -2.25. The zero-order valence-electron chi connectivity index (χ0n) is 12.8. The average molecular weight is 303 g/mol. The summed E-state index contributed by atoms with van der Waals surface area (Å²) < 4.78 is 4.93. The average Bonchev–Trinajstić information content (AvgIpc) is 2.97. The highest BCUT2D eigenvalue weighted by molar-refractivity contribution is 5.94. The van der Waals surface area contributed by atoms with Crippen molar-refractivity contribution < 1.29 is 9.53 Å². The van der Waals surface area contributed by atoms with E-state index in [-0.39, 0.29) is 5.91 Å². The number of aromatic nitrogens is 3. The van der Waals surface area contributed by atoms with Crippen LogP contribution in [0.1, 0.15) is 16.2 Å². The number of benzene rings is 1. The van der Waals surface area contributed by atoms with Gasteiger partial charge in [-0.2, -0.15) is 5.10 Å². The number of aryl methyl sites for hydroxylation is 1. The molecule has 118 valence electrons. The minimum atomic E-state index is -0.0914. The predicted molar refractivity (Wildman–Crippen MR) is 83.6 cm³/mol. The number of rotatable bonds is 8. The van der Waals surface area contributed by atoms with Gasteiger partial charge in [-0.1, -0.05) is 12.1 Å². The molecule has 0 aliphatic heterocycles. The molecule has 0 saturated carbocycles. The third-order valence-electron chi connectivity index (χ3n) is 3.07. The lowest BCUT2D eigenvalue weighted by Crippen LogP contribution is -2.33. The topological polar surface area (TPSA) is 91.9 Å². The van der Waals surface area contributed by atoms with Crippen LogP contribution < -0.4 is 10.6 Å². The van der Waals surface area contributed by atoms with E-state index in [1.807, 2.05) is 19.1 Å². The molecule has 0 radical (unpaired) electrons. The molecule has 0 saturated heterocycles. The quantitative estimate of drug-likeness (QED) is 0.626. The first kappa shape index (κ1) is 16.1. The first-order valence-corrected chi connectivity index (χ1v) is 7.18. The Kier molecular flexibility index (Phi) is 6.05. The molecule has 1 heterocycles. The molecule has 0 spiro atoms. The van der Waals surface area contributed by atoms with Crippen LogP contribution in [-0.2, 0) is 4.74 Å². The summed E-state index contributed by atoms with van der Waals surface area (Å²) in [6.45, 7) is 4.57. The summed E-state index contributed by atoms with van der Waals surface area (Å²) in [5.41, 5.74) is 1.50. The van der Waals surface area contributed by atoms with E-state index in [4.69, 9.17) is 4.74 Å². The van der Waals surface area contributed by atoms with Crippen molar-refractivity contribution in [1.82, 2.24) is 25.8 Å². The van der Waals surface area contributed by atoms with Crippen LogP contribution in [0.4, 0.5) is 0 Å². The van der Waals surface area contributed by atoms with Crippen LogP contribution in [0.15, 0.2) is 24.3 Å². The predicted octanol–water partition coefficient (Wildman–Crippen LogP) is 0.746. The monoisotopic (exact) mass is 303 g/mol. The van der Waals surface area contributed by atoms with Gasteiger partial charge in [0.1, 0.15) is 5.82 Å². The maximum absolute atomic E-state index is 12.0. The van der Waals surface area contributed by atoms with Gasteiger partial charge in [0.05, 0.1) is 6.61 Å². The second-order valence-electron chi connectivity index (χ2n) is 4.82. The molecule has 7 heteroatoms. The Balaban J connectivity index is 1.81. The van der Waals surface area contributed by atoms with Crippen molar-refractivity contribution in [3.8, 4) is 11.4 Å². The van der Waals surface area contributed by atoms with Gasteiger partial charge >= 0.3 is 0 Å². The molecule has 2 rings (SSSR count). The van der Waals surface area contributed by atoms with E-state index in [9.17, 15) is 4.79 Å². The zero-order chi connectivity index (χ0) is 15.8. The Bertz CT molecular complexity index is 594. The maximum Gasteiger partial charge on any atom is 0.251 e. The molecule has 1 aromatic carbocycles. The van der Waals surface area contributed by atoms with Crippen molar-refractivity contribution in [2.45, 2.75) is 6.92 Å². The highest BCUT2D eigenvalue weighted by Crippen LogP contribution is 2.15. The molecule has 3 N–H and O–H groups in total. The van der Waals surface area contributed by atoms with Crippen molar-refractivity contribution in [2.24, 2.45) is 0 Å². The van der Waals surface area contributed by atoms with Gasteiger partial charge in [-0.25, -0.2) is 4.98 Å². The summed E-state index contributed by atoms with van der Waals surface area (Å²) in [6.07, 6.45) is 0. The molecule has 0 atom stereocenters. The lowest BCUT2D eigenvalue weighted by molar-refractivity contribution is 0.0953. The Labute approximate surface area is 129 Å². The van der Waals surface area contributed by atoms with E-state index in [0.717, 1.165) is 17.9 Å². The van der Waals surface area contributed by atoms with Gasteiger partial charge < -0.3 is 15.4 Å². The number of methoxy groups -OCH3 is 1. The highest BCUT2D eigenvalue weighted by atomic mass is 16.5. The Morgan fingerprint density at radius 3 is 2.64 bits per heavy atom. The molecular formula is C15H21N5O2. The van der Waals surface area contributed by atoms with Gasteiger partial charge in [0, 0.05) is 37.9 Å². The van der Waals surface area contributed by atoms with Gasteiger partial charge in [0.2, 0.25) is 0 Å². The molecule has 0 fully saturated rings. The zero-order valence-corrected chi connectivity index (χ0v) is 12.8. The molecule has 7 nitrogen and oxygen atoms in total. The Morgan fingerprint density at radius 1 is 1.23 bits per heavy atom. The van der Waals surface area contributed by atoms with Crippen LogP contribution in [0.3, 0.4) is 0 Å². The summed E-state index contributed by atoms with van der Waals surface area (Å²) >= 11 is 0. The number of nitrogens with zero attached hydrogens (tertiary/aromatic N) is 2. The molecule has 1 amide bonds. The number of amides is 1. The third kappa shape index (κ3) is 4.64. The third-order valence-corrected chi connectivity index (χ3v) is 3.07. The van der Waals surface area contributed by atoms with Crippen LogP contribution >= 0.6 is 0 Å². The number of H-pyrrole nitrogens is 1. The van der Waals surface area contributed by atoms with Gasteiger partial charge in [-0.15, -0.1) is 0 Å². The van der Waals surface area contributed by atoms with Crippen molar-refractivity contribution in [3.63, 3.8) is 0 Å². The number of hydrogen-bond donors (Lipinski definition) is 3. The summed E-state index contributed by atoms with van der Waals surface area (Å²) in [5, 5.41) is 12.9. The fourth-order valence-corrected chi connectivity index (χ4v) is 1.91. The van der Waals surface area contributed by atoms with Crippen LogP contribution in [0, 0.1) is 6.92 Å². The molecule has 0 aliphatic carbocycles. The second kappa shape index (κ2) is 8.26. The first-order valence-electron chi connectivity index (χ1n) is 7.18. The van der Waals surface area contributed by atoms with E-state index < -0.39 is 0 Å². The largest absolute Gasteiger partial charge is 0.383 e. The van der Waals surface area contributed by atoms with Gasteiger partial charge in [-0.3, -0.25) is 9.89 Å². The van der Waals surface area contributed by atoms with Crippen LogP contribution in [0.5, 0.6) is 0 Å². The fraction of sp³-hybridized carbons (Fsp3) is 0.400. The lowest BCUT2D eigenvalue weighted by atomic mass is 10.1. The van der Waals surface area contributed by atoms with E-state index in [0.29, 0.717) is 31.1 Å². The van der Waals surface area contributed by atoms with Crippen molar-refractivity contribution in [1.29, 1.82) is 0 Å². The smallest absolute Gasteiger partial charge is 0.251 e. The number of ether oxygens (including phenoxy) is 1. The highest BCUT2D eigenvalue weighted by Gasteiger charge is 2.07. The van der Waals surface area contributed by atoms with E-state index in [2.05, 4.69) is 25.8 Å². The summed E-state index contributed by atoms with van der Waals surface area (Å²) in [7, 11) is 1.66. The van der Waals surface area contributed by atoms with Gasteiger partial charge in [-0.05, 0) is 19.1 Å². The van der Waals surface area contributed by atoms with Crippen molar-refractivity contribution in [2.75, 3.05) is 33.4 Å². The summed E-state index contributed by atoms with van der Waals surface area (Å²) in [6, 6.07) is 7.23. The first-order chi connectivity index (χ1) is 10.7. The Morgan fingerprint density at radius 2 is 2.00 bits per heavy atom. The molecule has 0 aliphatic rings. The van der Waals surface area contributed by atoms with Gasteiger partial charge in [0.15, 0.2) is 5.82 Å². The van der Waals surface area contributed by atoms with Crippen LogP contribution in [0.2, 0.25) is 0 Å². The number of carbonyl (C=O) groups excluding carboxylic acids is 1. The second-order valence-corrected chi connectivity index (χ2v) is 4.82. The number of carbonyl (C=O) groups is 1. The van der Waals surface area contributed by atoms with Crippen molar-refractivity contribution in [3.05, 3.63) is 35.7 Å². The SMILES string of the molecule is COCCNCCNC(=O)c1ccc(-c2n[nH]c(C)n2)cc1. The van der Waals surface area contributed by atoms with E-state index in [1.165, 1.54) is 0 Å². The van der Waals surface area contributed by atoms with E-state index >= 15 is 0 Å². The molecule has 2 aromatic rings. The van der Waals surface area contributed by atoms with Crippen LogP contribution in [-0.4, -0.2) is 54.4 Å². The molecule has 22 heavy (non-hydrogen) atoms. The molecular weight excluding hydrogens is 282 g/mol.